The maximum atomic E-state index is 14.2. The Balaban J connectivity index is 2.21. The lowest BCUT2D eigenvalue weighted by Crippen LogP contribution is -2.51. The number of rotatable bonds is 5. The fourth-order valence-electron chi connectivity index (χ4n) is 3.24. The molecule has 0 fully saturated rings. The summed E-state index contributed by atoms with van der Waals surface area (Å²) in [5.41, 5.74) is 7.60. The summed E-state index contributed by atoms with van der Waals surface area (Å²) in [5, 5.41) is 0. The Kier molecular flexibility index (Phi) is 5.28. The van der Waals surface area contributed by atoms with E-state index in [1.165, 1.54) is 12.1 Å². The van der Waals surface area contributed by atoms with Gasteiger partial charge in [-0.3, -0.25) is 0 Å². The van der Waals surface area contributed by atoms with Crippen molar-refractivity contribution in [2.75, 3.05) is 18.8 Å². The molecule has 0 saturated heterocycles. The second-order valence-corrected chi connectivity index (χ2v) is 8.73. The summed E-state index contributed by atoms with van der Waals surface area (Å²) in [6, 6.07) is 10.0. The summed E-state index contributed by atoms with van der Waals surface area (Å²) in [5.74, 6) is -1.43. The SMILES string of the molecule is CCS(=O)(=O)[N+]1(c2cccc(-c3ccc(F)cc3F)c2)C=C(CN)C=CC1. The van der Waals surface area contributed by atoms with Gasteiger partial charge in [-0.25, -0.2) is 8.78 Å². The van der Waals surface area contributed by atoms with E-state index in [1.807, 2.05) is 6.08 Å². The summed E-state index contributed by atoms with van der Waals surface area (Å²) in [6.07, 6.45) is 5.23. The highest BCUT2D eigenvalue weighted by molar-refractivity contribution is 7.91. The van der Waals surface area contributed by atoms with Gasteiger partial charge in [0.05, 0.1) is 5.75 Å². The molecule has 4 nitrogen and oxygen atoms in total. The molecule has 27 heavy (non-hydrogen) atoms. The van der Waals surface area contributed by atoms with Gasteiger partial charge in [-0.15, -0.1) is 0 Å². The average Bonchev–Trinajstić information content (AvgIpc) is 2.68. The minimum atomic E-state index is -3.59. The minimum absolute atomic E-state index is 0.0652. The number of hydrogen-bond donors (Lipinski definition) is 1. The molecule has 0 aliphatic carbocycles. The van der Waals surface area contributed by atoms with Gasteiger partial charge in [0.2, 0.25) is 0 Å². The van der Waals surface area contributed by atoms with Gasteiger partial charge in [0, 0.05) is 35.9 Å². The van der Waals surface area contributed by atoms with Crippen LogP contribution in [0.25, 0.3) is 11.1 Å². The van der Waals surface area contributed by atoms with Crippen LogP contribution >= 0.6 is 0 Å². The number of nitrogens with zero attached hydrogens (tertiary/aromatic N) is 1. The van der Waals surface area contributed by atoms with Crippen LogP contribution in [0.3, 0.4) is 0 Å². The first-order chi connectivity index (χ1) is 12.8. The number of hydrogen-bond acceptors (Lipinski definition) is 3. The van der Waals surface area contributed by atoms with Crippen molar-refractivity contribution >= 4 is 15.7 Å². The maximum Gasteiger partial charge on any atom is 0.306 e. The van der Waals surface area contributed by atoms with Crippen LogP contribution in [-0.4, -0.2) is 27.3 Å². The Bertz CT molecular complexity index is 1030. The molecule has 2 aromatic carbocycles. The molecular formula is C20H21F2N2O2S+. The molecule has 0 aromatic heterocycles. The highest BCUT2D eigenvalue weighted by Gasteiger charge is 2.42. The Morgan fingerprint density at radius 1 is 1.15 bits per heavy atom. The van der Waals surface area contributed by atoms with E-state index < -0.39 is 25.5 Å². The monoisotopic (exact) mass is 391 g/mol. The third-order valence-electron chi connectivity index (χ3n) is 4.71. The van der Waals surface area contributed by atoms with Crippen molar-refractivity contribution in [3.05, 3.63) is 78.0 Å². The zero-order valence-electron chi connectivity index (χ0n) is 14.9. The predicted molar refractivity (Wildman–Crippen MR) is 104 cm³/mol. The number of benzene rings is 2. The molecule has 2 aromatic rings. The number of nitrogens with two attached hydrogens (primary N) is 1. The lowest BCUT2D eigenvalue weighted by Gasteiger charge is -2.34. The topological polar surface area (TPSA) is 60.2 Å². The van der Waals surface area contributed by atoms with Gasteiger partial charge in [0.25, 0.3) is 0 Å². The van der Waals surface area contributed by atoms with Crippen molar-refractivity contribution < 1.29 is 17.2 Å². The molecule has 0 saturated carbocycles. The first-order valence-corrected chi connectivity index (χ1v) is 10.2. The fraction of sp³-hybridized carbons (Fsp3) is 0.200. The van der Waals surface area contributed by atoms with Crippen LogP contribution in [0.15, 0.2) is 66.4 Å². The van der Waals surface area contributed by atoms with Gasteiger partial charge in [-0.05, 0) is 30.7 Å². The van der Waals surface area contributed by atoms with Crippen molar-refractivity contribution in [1.29, 1.82) is 0 Å². The fourth-order valence-corrected chi connectivity index (χ4v) is 4.75. The van der Waals surface area contributed by atoms with Gasteiger partial charge in [-0.1, -0.05) is 18.2 Å². The van der Waals surface area contributed by atoms with E-state index in [9.17, 15) is 17.2 Å². The van der Waals surface area contributed by atoms with Crippen molar-refractivity contribution in [3.63, 3.8) is 0 Å². The van der Waals surface area contributed by atoms with Crippen LogP contribution in [0.4, 0.5) is 14.5 Å². The summed E-state index contributed by atoms with van der Waals surface area (Å²) in [6.45, 7) is 2.02. The van der Waals surface area contributed by atoms with Crippen LogP contribution in [0, 0.1) is 11.6 Å². The maximum absolute atomic E-state index is 14.2. The van der Waals surface area contributed by atoms with Gasteiger partial charge in [0.15, 0.2) is 5.69 Å². The summed E-state index contributed by atoms with van der Waals surface area (Å²) in [4.78, 5) is 0. The van der Waals surface area contributed by atoms with E-state index in [2.05, 4.69) is 0 Å². The lowest BCUT2D eigenvalue weighted by molar-refractivity contribution is 0.511. The first-order valence-electron chi connectivity index (χ1n) is 8.58. The minimum Gasteiger partial charge on any atom is -0.326 e. The van der Waals surface area contributed by atoms with Crippen molar-refractivity contribution in [2.45, 2.75) is 6.92 Å². The molecule has 0 radical (unpaired) electrons. The smallest absolute Gasteiger partial charge is 0.306 e. The molecule has 1 heterocycles. The molecule has 1 aliphatic rings. The molecule has 0 amide bonds. The third-order valence-corrected chi connectivity index (χ3v) is 6.89. The summed E-state index contributed by atoms with van der Waals surface area (Å²) >= 11 is 0. The summed E-state index contributed by atoms with van der Waals surface area (Å²) < 4.78 is 53.1. The van der Waals surface area contributed by atoms with E-state index in [-0.39, 0.29) is 24.4 Å². The lowest BCUT2D eigenvalue weighted by atomic mass is 10.0. The van der Waals surface area contributed by atoms with Crippen molar-refractivity contribution in [2.24, 2.45) is 5.73 Å². The number of quaternary nitrogens is 1. The van der Waals surface area contributed by atoms with Crippen LogP contribution in [0.1, 0.15) is 6.92 Å². The van der Waals surface area contributed by atoms with Crippen LogP contribution in [0.5, 0.6) is 0 Å². The Morgan fingerprint density at radius 3 is 2.59 bits per heavy atom. The van der Waals surface area contributed by atoms with Gasteiger partial charge >= 0.3 is 10.0 Å². The Hall–Kier alpha value is -2.35. The highest BCUT2D eigenvalue weighted by atomic mass is 32.2. The number of sulfonamides is 1. The molecule has 2 N–H and O–H groups in total. The molecule has 0 bridgehead atoms. The highest BCUT2D eigenvalue weighted by Crippen LogP contribution is 2.36. The number of halogens is 2. The van der Waals surface area contributed by atoms with E-state index in [0.717, 1.165) is 6.07 Å². The average molecular weight is 391 g/mol. The quantitative estimate of drug-likeness (QED) is 0.791. The Labute approximate surface area is 157 Å². The zero-order chi connectivity index (χ0) is 19.7. The van der Waals surface area contributed by atoms with Gasteiger partial charge < -0.3 is 5.73 Å². The van der Waals surface area contributed by atoms with Gasteiger partial charge in [0.1, 0.15) is 24.4 Å². The van der Waals surface area contributed by atoms with E-state index >= 15 is 0 Å². The second kappa shape index (κ2) is 7.34. The van der Waals surface area contributed by atoms with E-state index in [4.69, 9.17) is 5.73 Å². The summed E-state index contributed by atoms with van der Waals surface area (Å²) in [7, 11) is -3.59. The van der Waals surface area contributed by atoms with Crippen LogP contribution < -0.4 is 9.62 Å². The van der Waals surface area contributed by atoms with Gasteiger partial charge in [-0.2, -0.15) is 12.3 Å². The second-order valence-electron chi connectivity index (χ2n) is 6.33. The molecule has 1 atom stereocenters. The Morgan fingerprint density at radius 2 is 1.93 bits per heavy atom. The van der Waals surface area contributed by atoms with E-state index in [1.54, 1.807) is 43.5 Å². The van der Waals surface area contributed by atoms with Crippen molar-refractivity contribution in [1.82, 2.24) is 3.89 Å². The molecular weight excluding hydrogens is 370 g/mol. The molecule has 3 rings (SSSR count). The largest absolute Gasteiger partial charge is 0.326 e. The van der Waals surface area contributed by atoms with E-state index in [0.29, 0.717) is 16.8 Å². The first kappa shape index (κ1) is 19.4. The predicted octanol–water partition coefficient (Wildman–Crippen LogP) is 3.70. The zero-order valence-corrected chi connectivity index (χ0v) is 15.7. The molecule has 7 heteroatoms. The van der Waals surface area contributed by atoms with Crippen molar-refractivity contribution in [3.8, 4) is 11.1 Å². The molecule has 1 unspecified atom stereocenters. The third kappa shape index (κ3) is 3.45. The molecule has 142 valence electrons. The normalized spacial score (nSPS) is 19.8. The van der Waals surface area contributed by atoms with Crippen LogP contribution in [0.2, 0.25) is 0 Å². The standard InChI is InChI=1S/C20H21F2N2O2S/c1-2-27(25,26)24(10-4-5-15(13-23)14-24)18-7-3-6-16(11-18)19-9-8-17(21)12-20(19)22/h3-9,11-12,14H,2,10,13,23H2,1H3/q+1. The molecule has 0 spiro atoms. The van der Waals surface area contributed by atoms with Crippen LogP contribution in [-0.2, 0) is 10.0 Å². The molecule has 1 aliphatic heterocycles.